The molecule has 0 amide bonds. The summed E-state index contributed by atoms with van der Waals surface area (Å²) in [6.07, 6.45) is 4.11. The number of anilines is 1. The van der Waals surface area contributed by atoms with Crippen molar-refractivity contribution >= 4 is 5.69 Å². The molecule has 1 aromatic carbocycles. The molecule has 20 heavy (non-hydrogen) atoms. The van der Waals surface area contributed by atoms with E-state index in [2.05, 4.69) is 36.4 Å². The van der Waals surface area contributed by atoms with E-state index in [-0.39, 0.29) is 5.56 Å². The Labute approximate surface area is 118 Å². The van der Waals surface area contributed by atoms with Crippen molar-refractivity contribution in [3.05, 3.63) is 57.5 Å². The van der Waals surface area contributed by atoms with Gasteiger partial charge in [0.15, 0.2) is 0 Å². The number of rotatable bonds is 4. The molecule has 0 saturated heterocycles. The summed E-state index contributed by atoms with van der Waals surface area (Å²) in [6, 6.07) is 8.41. The van der Waals surface area contributed by atoms with Crippen LogP contribution < -0.4 is 10.9 Å². The lowest BCUT2D eigenvalue weighted by atomic mass is 10.1. The molecule has 3 rings (SSSR count). The van der Waals surface area contributed by atoms with Crippen LogP contribution in [0.4, 0.5) is 5.69 Å². The van der Waals surface area contributed by atoms with Crippen molar-refractivity contribution in [2.45, 2.75) is 39.3 Å². The molecule has 0 spiro atoms. The van der Waals surface area contributed by atoms with Crippen LogP contribution in [-0.2, 0) is 6.54 Å². The predicted octanol–water partition coefficient (Wildman–Crippen LogP) is 2.48. The van der Waals surface area contributed by atoms with Crippen LogP contribution in [0.15, 0.2) is 35.3 Å². The fraction of sp³-hybridized carbons (Fsp3) is 0.375. The molecule has 104 valence electrons. The average molecular weight is 269 g/mol. The smallest absolute Gasteiger partial charge is 0.269 e. The first-order valence-corrected chi connectivity index (χ1v) is 7.01. The van der Waals surface area contributed by atoms with Gasteiger partial charge in [0.05, 0.1) is 18.4 Å². The minimum atomic E-state index is -0.0612. The van der Waals surface area contributed by atoms with E-state index < -0.39 is 0 Å². The molecule has 4 heteroatoms. The number of nitrogens with zero attached hydrogens (tertiary/aromatic N) is 2. The van der Waals surface area contributed by atoms with Gasteiger partial charge in [0.1, 0.15) is 0 Å². The number of hydrogen-bond donors (Lipinski definition) is 1. The van der Waals surface area contributed by atoms with Gasteiger partial charge in [-0.2, -0.15) is 5.10 Å². The minimum absolute atomic E-state index is 0.0612. The molecule has 1 aliphatic carbocycles. The Morgan fingerprint density at radius 3 is 2.70 bits per heavy atom. The van der Waals surface area contributed by atoms with Gasteiger partial charge in [0, 0.05) is 12.1 Å². The lowest BCUT2D eigenvalue weighted by Gasteiger charge is -2.09. The highest BCUT2D eigenvalue weighted by Gasteiger charge is 2.21. The maximum atomic E-state index is 12.1. The molecule has 1 aromatic heterocycles. The van der Waals surface area contributed by atoms with Gasteiger partial charge in [-0.05, 0) is 43.4 Å². The molecule has 1 N–H and O–H groups in total. The lowest BCUT2D eigenvalue weighted by Crippen LogP contribution is -2.23. The molecule has 1 aliphatic rings. The van der Waals surface area contributed by atoms with Crippen molar-refractivity contribution in [2.24, 2.45) is 0 Å². The van der Waals surface area contributed by atoms with Gasteiger partial charge >= 0.3 is 0 Å². The first kappa shape index (κ1) is 12.9. The fourth-order valence-electron chi connectivity index (χ4n) is 2.17. The van der Waals surface area contributed by atoms with E-state index in [1.54, 1.807) is 12.3 Å². The van der Waals surface area contributed by atoms with Crippen LogP contribution in [0.5, 0.6) is 0 Å². The van der Waals surface area contributed by atoms with E-state index in [0.29, 0.717) is 12.6 Å². The molecule has 2 aromatic rings. The molecule has 0 radical (unpaired) electrons. The molecular formula is C16H19N3O. The van der Waals surface area contributed by atoms with Crippen molar-refractivity contribution in [3.63, 3.8) is 0 Å². The van der Waals surface area contributed by atoms with Crippen molar-refractivity contribution in [1.29, 1.82) is 0 Å². The lowest BCUT2D eigenvalue weighted by molar-refractivity contribution is 0.639. The quantitative estimate of drug-likeness (QED) is 0.927. The van der Waals surface area contributed by atoms with Crippen LogP contribution in [0.3, 0.4) is 0 Å². The summed E-state index contributed by atoms with van der Waals surface area (Å²) in [5.41, 5.74) is 4.37. The van der Waals surface area contributed by atoms with Crippen molar-refractivity contribution in [3.8, 4) is 0 Å². The Morgan fingerprint density at radius 1 is 1.25 bits per heavy atom. The molecule has 1 saturated carbocycles. The maximum absolute atomic E-state index is 12.1. The molecular weight excluding hydrogens is 250 g/mol. The summed E-state index contributed by atoms with van der Waals surface area (Å²) < 4.78 is 1.50. The van der Waals surface area contributed by atoms with Crippen LogP contribution in [0.1, 0.15) is 29.5 Å². The van der Waals surface area contributed by atoms with Crippen LogP contribution in [-0.4, -0.2) is 15.8 Å². The molecule has 1 fully saturated rings. The monoisotopic (exact) mass is 269 g/mol. The van der Waals surface area contributed by atoms with Crippen LogP contribution >= 0.6 is 0 Å². The maximum Gasteiger partial charge on any atom is 0.269 e. The average Bonchev–Trinajstić information content (AvgIpc) is 3.21. The van der Waals surface area contributed by atoms with E-state index in [1.807, 2.05) is 6.07 Å². The SMILES string of the molecule is Cc1ccc(Cn2ncc(NC3CC3)cc2=O)cc1C. The molecule has 4 nitrogen and oxygen atoms in total. The van der Waals surface area contributed by atoms with E-state index in [4.69, 9.17) is 0 Å². The topological polar surface area (TPSA) is 46.9 Å². The second-order valence-electron chi connectivity index (χ2n) is 5.58. The van der Waals surface area contributed by atoms with Gasteiger partial charge in [-0.3, -0.25) is 4.79 Å². The summed E-state index contributed by atoms with van der Waals surface area (Å²) in [7, 11) is 0. The first-order chi connectivity index (χ1) is 9.61. The fourth-order valence-corrected chi connectivity index (χ4v) is 2.17. The number of aryl methyl sites for hydroxylation is 2. The number of hydrogen-bond acceptors (Lipinski definition) is 3. The van der Waals surface area contributed by atoms with Gasteiger partial charge in [0.2, 0.25) is 0 Å². The molecule has 0 unspecified atom stereocenters. The summed E-state index contributed by atoms with van der Waals surface area (Å²) in [4.78, 5) is 12.1. The first-order valence-electron chi connectivity index (χ1n) is 7.01. The standard InChI is InChI=1S/C16H19N3O/c1-11-3-4-13(7-12(11)2)10-19-16(20)8-15(9-17-19)18-14-5-6-14/h3-4,7-9,14,18H,5-6,10H2,1-2H3. The number of aromatic nitrogens is 2. The van der Waals surface area contributed by atoms with E-state index >= 15 is 0 Å². The second kappa shape index (κ2) is 5.12. The highest BCUT2D eigenvalue weighted by Crippen LogP contribution is 2.23. The zero-order chi connectivity index (χ0) is 14.1. The normalized spacial score (nSPS) is 14.3. The minimum Gasteiger partial charge on any atom is -0.381 e. The van der Waals surface area contributed by atoms with Gasteiger partial charge in [-0.25, -0.2) is 4.68 Å². The summed E-state index contributed by atoms with van der Waals surface area (Å²) >= 11 is 0. The molecule has 1 heterocycles. The van der Waals surface area contributed by atoms with E-state index in [9.17, 15) is 4.79 Å². The molecule has 0 aliphatic heterocycles. The van der Waals surface area contributed by atoms with Crippen LogP contribution in [0.25, 0.3) is 0 Å². The van der Waals surface area contributed by atoms with Crippen molar-refractivity contribution in [2.75, 3.05) is 5.32 Å². The van der Waals surface area contributed by atoms with Gasteiger partial charge in [0.25, 0.3) is 5.56 Å². The Balaban J connectivity index is 1.79. The second-order valence-corrected chi connectivity index (χ2v) is 5.58. The highest BCUT2D eigenvalue weighted by atomic mass is 16.1. The van der Waals surface area contributed by atoms with E-state index in [0.717, 1.165) is 11.3 Å². The Kier molecular flexibility index (Phi) is 3.30. The third-order valence-corrected chi connectivity index (χ3v) is 3.72. The zero-order valence-corrected chi connectivity index (χ0v) is 11.9. The van der Waals surface area contributed by atoms with Crippen molar-refractivity contribution < 1.29 is 0 Å². The van der Waals surface area contributed by atoms with Gasteiger partial charge in [-0.1, -0.05) is 18.2 Å². The Bertz CT molecular complexity index is 686. The van der Waals surface area contributed by atoms with Gasteiger partial charge in [-0.15, -0.1) is 0 Å². The third-order valence-electron chi connectivity index (χ3n) is 3.72. The van der Waals surface area contributed by atoms with Crippen LogP contribution in [0, 0.1) is 13.8 Å². The van der Waals surface area contributed by atoms with Crippen molar-refractivity contribution in [1.82, 2.24) is 9.78 Å². The number of benzene rings is 1. The Hall–Kier alpha value is -2.10. The highest BCUT2D eigenvalue weighted by molar-refractivity contribution is 5.41. The summed E-state index contributed by atoms with van der Waals surface area (Å²) in [6.45, 7) is 4.68. The Morgan fingerprint density at radius 2 is 2.05 bits per heavy atom. The third kappa shape index (κ3) is 2.90. The van der Waals surface area contributed by atoms with Crippen LogP contribution in [0.2, 0.25) is 0 Å². The number of nitrogens with one attached hydrogen (secondary N) is 1. The molecule has 0 atom stereocenters. The zero-order valence-electron chi connectivity index (χ0n) is 11.9. The van der Waals surface area contributed by atoms with Gasteiger partial charge < -0.3 is 5.32 Å². The largest absolute Gasteiger partial charge is 0.381 e. The summed E-state index contributed by atoms with van der Waals surface area (Å²) in [5.74, 6) is 0. The predicted molar refractivity (Wildman–Crippen MR) is 80.2 cm³/mol. The molecule has 0 bridgehead atoms. The summed E-state index contributed by atoms with van der Waals surface area (Å²) in [5, 5.41) is 7.54. The van der Waals surface area contributed by atoms with E-state index in [1.165, 1.54) is 28.7 Å².